The highest BCUT2D eigenvalue weighted by Gasteiger charge is 2.28. The first-order valence-corrected chi connectivity index (χ1v) is 7.82. The molecule has 0 aliphatic rings. The van der Waals surface area contributed by atoms with E-state index in [-0.39, 0.29) is 28.3 Å². The summed E-state index contributed by atoms with van der Waals surface area (Å²) < 4.78 is 27.8. The molecule has 0 fully saturated rings. The Balaban J connectivity index is 2.15. The Morgan fingerprint density at radius 3 is 2.31 bits per heavy atom. The third kappa shape index (κ3) is 1.97. The molecule has 0 aliphatic heterocycles. The maximum absolute atomic E-state index is 12.9. The van der Waals surface area contributed by atoms with Gasteiger partial charge in [-0.1, -0.05) is 0 Å². The maximum atomic E-state index is 12.9. The third-order valence-corrected chi connectivity index (χ3v) is 4.45. The fraction of sp³-hybridized carbons (Fsp3) is 0.211. The molecule has 26 heavy (non-hydrogen) atoms. The highest BCUT2D eigenvalue weighted by Crippen LogP contribution is 2.45. The van der Waals surface area contributed by atoms with Crippen molar-refractivity contribution in [2.45, 2.75) is 6.92 Å². The number of aryl methyl sites for hydroxylation is 1. The van der Waals surface area contributed by atoms with E-state index in [1.54, 1.807) is 19.1 Å². The fourth-order valence-electron chi connectivity index (χ4n) is 3.22. The predicted octanol–water partition coefficient (Wildman–Crippen LogP) is 3.68. The number of aromatic hydroxyl groups is 1. The fourth-order valence-corrected chi connectivity index (χ4v) is 3.22. The summed E-state index contributed by atoms with van der Waals surface area (Å²) >= 11 is 0. The van der Waals surface area contributed by atoms with Crippen LogP contribution in [0.15, 0.2) is 31.8 Å². The van der Waals surface area contributed by atoms with Crippen molar-refractivity contribution in [1.29, 1.82) is 0 Å². The second-order valence-corrected chi connectivity index (χ2v) is 5.80. The first-order chi connectivity index (χ1) is 12.5. The van der Waals surface area contributed by atoms with E-state index in [1.165, 1.54) is 27.4 Å². The molecule has 0 saturated heterocycles. The lowest BCUT2D eigenvalue weighted by Gasteiger charge is -2.17. The zero-order valence-corrected chi connectivity index (χ0v) is 14.6. The van der Waals surface area contributed by atoms with Gasteiger partial charge in [0, 0.05) is 11.1 Å². The third-order valence-electron chi connectivity index (χ3n) is 4.45. The molecule has 0 unspecified atom stereocenters. The van der Waals surface area contributed by atoms with Gasteiger partial charge in [0.2, 0.25) is 16.6 Å². The van der Waals surface area contributed by atoms with E-state index in [2.05, 4.69) is 0 Å². The predicted molar refractivity (Wildman–Crippen MR) is 94.9 cm³/mol. The van der Waals surface area contributed by atoms with Gasteiger partial charge in [0.1, 0.15) is 11.0 Å². The van der Waals surface area contributed by atoms with Crippen molar-refractivity contribution in [2.75, 3.05) is 21.3 Å². The lowest BCUT2D eigenvalue weighted by atomic mass is 10.0. The van der Waals surface area contributed by atoms with E-state index in [9.17, 15) is 9.90 Å². The minimum atomic E-state index is -0.330. The van der Waals surface area contributed by atoms with Gasteiger partial charge in [0.25, 0.3) is 0 Å². The SMILES string of the molecule is COc1cc(-c2oc3c(C)c(OC)c4oc2c(=O)c3c4OC)ccc1O. The van der Waals surface area contributed by atoms with Crippen LogP contribution < -0.4 is 19.6 Å². The summed E-state index contributed by atoms with van der Waals surface area (Å²) in [7, 11) is 4.41. The zero-order chi connectivity index (χ0) is 18.6. The van der Waals surface area contributed by atoms with Crippen LogP contribution in [0.25, 0.3) is 33.5 Å². The Bertz CT molecular complexity index is 1180. The number of fused-ring (bicyclic) bond motifs is 2. The number of hydrogen-bond acceptors (Lipinski definition) is 7. The molecule has 2 aromatic heterocycles. The standard InChI is InChI=1S/C19H16O7/c1-8-14-12-13(21)18(26-19(15(8)23-3)17(12)24-4)16(25-14)9-5-6-10(20)11(7-9)22-2/h5-7,20H,1-4H3. The van der Waals surface area contributed by atoms with Crippen molar-refractivity contribution in [3.63, 3.8) is 0 Å². The molecule has 0 amide bonds. The van der Waals surface area contributed by atoms with Crippen LogP contribution in [0.1, 0.15) is 5.56 Å². The van der Waals surface area contributed by atoms with E-state index >= 15 is 0 Å². The molecule has 4 rings (SSSR count). The molecule has 7 heteroatoms. The van der Waals surface area contributed by atoms with Crippen LogP contribution in [0.4, 0.5) is 0 Å². The lowest BCUT2D eigenvalue weighted by Crippen LogP contribution is -2.10. The molecule has 134 valence electrons. The largest absolute Gasteiger partial charge is 0.504 e. The molecule has 7 nitrogen and oxygen atoms in total. The van der Waals surface area contributed by atoms with Crippen molar-refractivity contribution in [3.05, 3.63) is 34.0 Å². The number of hydrogen-bond donors (Lipinski definition) is 1. The lowest BCUT2D eigenvalue weighted by molar-refractivity contribution is 0.373. The van der Waals surface area contributed by atoms with Crippen molar-refractivity contribution in [2.24, 2.45) is 0 Å². The summed E-state index contributed by atoms with van der Waals surface area (Å²) in [5.74, 6) is 1.23. The van der Waals surface area contributed by atoms with Crippen LogP contribution >= 0.6 is 0 Å². The average Bonchev–Trinajstić information content (AvgIpc) is 2.63. The molecule has 2 aromatic carbocycles. The summed E-state index contributed by atoms with van der Waals surface area (Å²) in [5.41, 5.74) is 1.58. The Morgan fingerprint density at radius 2 is 1.65 bits per heavy atom. The van der Waals surface area contributed by atoms with Crippen LogP contribution in [-0.4, -0.2) is 26.4 Å². The van der Waals surface area contributed by atoms with Crippen LogP contribution in [0.3, 0.4) is 0 Å². The van der Waals surface area contributed by atoms with Gasteiger partial charge in [-0.15, -0.1) is 0 Å². The van der Waals surface area contributed by atoms with Gasteiger partial charge in [-0.05, 0) is 25.1 Å². The number of ether oxygens (including phenoxy) is 3. The molecule has 3 bridgehead atoms. The summed E-state index contributed by atoms with van der Waals surface area (Å²) in [6.07, 6.45) is 0. The van der Waals surface area contributed by atoms with Crippen LogP contribution in [-0.2, 0) is 0 Å². The Hall–Kier alpha value is -3.35. The van der Waals surface area contributed by atoms with E-state index in [4.69, 9.17) is 23.0 Å². The highest BCUT2D eigenvalue weighted by atomic mass is 16.5. The average molecular weight is 356 g/mol. The Morgan fingerprint density at radius 1 is 0.923 bits per heavy atom. The smallest absolute Gasteiger partial charge is 0.239 e. The summed E-state index contributed by atoms with van der Waals surface area (Å²) in [5, 5.41) is 10.1. The number of methoxy groups -OCH3 is 3. The summed E-state index contributed by atoms with van der Waals surface area (Å²) in [6.45, 7) is 1.78. The van der Waals surface area contributed by atoms with Crippen LogP contribution in [0.2, 0.25) is 0 Å². The van der Waals surface area contributed by atoms with Crippen LogP contribution in [0, 0.1) is 6.92 Å². The monoisotopic (exact) mass is 356 g/mol. The molecule has 0 aliphatic carbocycles. The van der Waals surface area contributed by atoms with Crippen LogP contribution in [0.5, 0.6) is 23.0 Å². The Labute approximate surface area is 147 Å². The van der Waals surface area contributed by atoms with Crippen molar-refractivity contribution < 1.29 is 28.2 Å². The topological polar surface area (TPSA) is 91.3 Å². The van der Waals surface area contributed by atoms with E-state index < -0.39 is 0 Å². The molecule has 4 aromatic rings. The van der Waals surface area contributed by atoms with E-state index in [0.717, 1.165) is 0 Å². The number of phenols is 1. The number of phenolic OH excluding ortho intramolecular Hbond substituents is 1. The second-order valence-electron chi connectivity index (χ2n) is 5.80. The van der Waals surface area contributed by atoms with Gasteiger partial charge in [0.15, 0.2) is 28.8 Å². The minimum absolute atomic E-state index is 0.0166. The maximum Gasteiger partial charge on any atom is 0.239 e. The molecular formula is C19H16O7. The highest BCUT2D eigenvalue weighted by molar-refractivity contribution is 6.01. The van der Waals surface area contributed by atoms with Gasteiger partial charge in [-0.2, -0.15) is 0 Å². The summed E-state index contributed by atoms with van der Waals surface area (Å²) in [6, 6.07) is 4.65. The van der Waals surface area contributed by atoms with Gasteiger partial charge in [0.05, 0.1) is 21.3 Å². The normalized spacial score (nSPS) is 11.4. The molecule has 0 radical (unpaired) electrons. The van der Waals surface area contributed by atoms with Gasteiger partial charge >= 0.3 is 0 Å². The molecule has 0 saturated carbocycles. The van der Waals surface area contributed by atoms with Crippen molar-refractivity contribution >= 4 is 22.1 Å². The first-order valence-electron chi connectivity index (χ1n) is 7.82. The van der Waals surface area contributed by atoms with E-state index in [1.807, 2.05) is 0 Å². The first kappa shape index (κ1) is 16.1. The second kappa shape index (κ2) is 5.59. The van der Waals surface area contributed by atoms with E-state index in [0.29, 0.717) is 39.2 Å². The number of rotatable bonds is 4. The molecular weight excluding hydrogens is 340 g/mol. The van der Waals surface area contributed by atoms with Gasteiger partial charge < -0.3 is 28.2 Å². The van der Waals surface area contributed by atoms with Gasteiger partial charge in [-0.25, -0.2) is 0 Å². The molecule has 0 atom stereocenters. The summed E-state index contributed by atoms with van der Waals surface area (Å²) in [4.78, 5) is 12.9. The molecule has 1 N–H and O–H groups in total. The molecule has 0 spiro atoms. The van der Waals surface area contributed by atoms with Crippen molar-refractivity contribution in [1.82, 2.24) is 0 Å². The van der Waals surface area contributed by atoms with Gasteiger partial charge in [-0.3, -0.25) is 4.79 Å². The molecule has 2 heterocycles. The Kier molecular flexibility index (Phi) is 3.47. The number of benzene rings is 2. The minimum Gasteiger partial charge on any atom is -0.504 e. The van der Waals surface area contributed by atoms with Crippen molar-refractivity contribution in [3.8, 4) is 34.3 Å². The zero-order valence-electron chi connectivity index (χ0n) is 14.6. The quantitative estimate of drug-likeness (QED) is 0.596.